The summed E-state index contributed by atoms with van der Waals surface area (Å²) < 4.78 is 13.4. The van der Waals surface area contributed by atoms with Crippen molar-refractivity contribution in [3.63, 3.8) is 0 Å². The fourth-order valence-corrected chi connectivity index (χ4v) is 2.08. The second-order valence-corrected chi connectivity index (χ2v) is 3.57. The lowest BCUT2D eigenvalue weighted by Crippen LogP contribution is -2.12. The minimum absolute atomic E-state index is 0.0689. The Balaban J connectivity index is 2.44. The van der Waals surface area contributed by atoms with Crippen molar-refractivity contribution in [1.82, 2.24) is 0 Å². The zero-order chi connectivity index (χ0) is 9.97. The Hall–Kier alpha value is -1.38. The first-order valence-corrected chi connectivity index (χ1v) is 4.78. The number of benzene rings is 1. The Morgan fingerprint density at radius 3 is 3.14 bits per heavy atom. The zero-order valence-corrected chi connectivity index (χ0v) is 7.78. The van der Waals surface area contributed by atoms with Crippen LogP contribution in [0.3, 0.4) is 0 Å². The van der Waals surface area contributed by atoms with Crippen molar-refractivity contribution in [2.75, 3.05) is 0 Å². The summed E-state index contributed by atoms with van der Waals surface area (Å²) in [6.45, 7) is 0. The summed E-state index contributed by atoms with van der Waals surface area (Å²) in [6, 6.07) is 5.10. The van der Waals surface area contributed by atoms with Gasteiger partial charge in [-0.3, -0.25) is 0 Å². The summed E-state index contributed by atoms with van der Waals surface area (Å²) in [6.07, 6.45) is 4.15. The fraction of sp³-hybridized carbons (Fsp3) is 0.364. The van der Waals surface area contributed by atoms with E-state index in [1.54, 1.807) is 6.07 Å². The van der Waals surface area contributed by atoms with Crippen molar-refractivity contribution < 1.29 is 9.60 Å². The molecule has 0 radical (unpaired) electrons. The fourth-order valence-electron chi connectivity index (χ4n) is 2.08. The summed E-state index contributed by atoms with van der Waals surface area (Å²) in [4.78, 5) is 0. The normalized spacial score (nSPS) is 21.1. The lowest BCUT2D eigenvalue weighted by Gasteiger charge is -2.22. The van der Waals surface area contributed by atoms with Gasteiger partial charge in [0.2, 0.25) is 0 Å². The van der Waals surface area contributed by atoms with Crippen molar-refractivity contribution in [3.8, 4) is 0 Å². The standard InChI is InChI=1S/C11H12FNO/c12-11-6-2-4-9-8(7-13-14)3-1-5-10(9)11/h2,4,6-8,14H,1,3,5H2. The Morgan fingerprint density at radius 2 is 2.36 bits per heavy atom. The Labute approximate surface area is 82.1 Å². The molecule has 1 aliphatic carbocycles. The Kier molecular flexibility index (Phi) is 2.48. The topological polar surface area (TPSA) is 32.6 Å². The molecular formula is C11H12FNO. The molecule has 0 bridgehead atoms. The van der Waals surface area contributed by atoms with Crippen LogP contribution in [0.2, 0.25) is 0 Å². The molecule has 1 N–H and O–H groups in total. The van der Waals surface area contributed by atoms with Crippen LogP contribution in [0, 0.1) is 5.82 Å². The van der Waals surface area contributed by atoms with E-state index in [4.69, 9.17) is 5.21 Å². The van der Waals surface area contributed by atoms with Gasteiger partial charge in [0.25, 0.3) is 0 Å². The van der Waals surface area contributed by atoms with Gasteiger partial charge in [-0.05, 0) is 36.5 Å². The molecule has 0 heterocycles. The smallest absolute Gasteiger partial charge is 0.126 e. The van der Waals surface area contributed by atoms with Gasteiger partial charge in [-0.1, -0.05) is 12.1 Å². The summed E-state index contributed by atoms with van der Waals surface area (Å²) >= 11 is 0. The van der Waals surface area contributed by atoms with Crippen molar-refractivity contribution in [1.29, 1.82) is 0 Å². The third kappa shape index (κ3) is 1.50. The maximum absolute atomic E-state index is 13.4. The van der Waals surface area contributed by atoms with Crippen LogP contribution >= 0.6 is 0 Å². The largest absolute Gasteiger partial charge is 0.411 e. The van der Waals surface area contributed by atoms with Gasteiger partial charge in [0, 0.05) is 5.92 Å². The van der Waals surface area contributed by atoms with E-state index < -0.39 is 0 Å². The lowest BCUT2D eigenvalue weighted by atomic mass is 9.83. The number of fused-ring (bicyclic) bond motifs is 1. The molecule has 1 aromatic carbocycles. The molecule has 0 fully saturated rings. The van der Waals surface area contributed by atoms with Crippen LogP contribution in [-0.4, -0.2) is 11.4 Å². The van der Waals surface area contributed by atoms with E-state index in [2.05, 4.69) is 5.16 Å². The molecule has 14 heavy (non-hydrogen) atoms. The molecule has 2 nitrogen and oxygen atoms in total. The second kappa shape index (κ2) is 3.78. The summed E-state index contributed by atoms with van der Waals surface area (Å²) in [5, 5.41) is 11.5. The monoisotopic (exact) mass is 193 g/mol. The average molecular weight is 193 g/mol. The molecule has 1 aromatic rings. The quantitative estimate of drug-likeness (QED) is 0.415. The number of oxime groups is 1. The first-order valence-electron chi connectivity index (χ1n) is 4.78. The van der Waals surface area contributed by atoms with Crippen LogP contribution in [0.5, 0.6) is 0 Å². The molecule has 0 saturated heterocycles. The van der Waals surface area contributed by atoms with Crippen LogP contribution < -0.4 is 0 Å². The molecule has 1 unspecified atom stereocenters. The van der Waals surface area contributed by atoms with Crippen LogP contribution in [0.25, 0.3) is 0 Å². The number of hydrogen-bond donors (Lipinski definition) is 1. The predicted octanol–water partition coefficient (Wildman–Crippen LogP) is 2.71. The Bertz CT molecular complexity index is 362. The van der Waals surface area contributed by atoms with Crippen molar-refractivity contribution in [2.24, 2.45) is 5.16 Å². The van der Waals surface area contributed by atoms with Crippen molar-refractivity contribution in [3.05, 3.63) is 35.1 Å². The number of rotatable bonds is 1. The predicted molar refractivity (Wildman–Crippen MR) is 52.4 cm³/mol. The van der Waals surface area contributed by atoms with E-state index in [1.165, 1.54) is 12.3 Å². The zero-order valence-electron chi connectivity index (χ0n) is 7.78. The highest BCUT2D eigenvalue weighted by molar-refractivity contribution is 5.68. The van der Waals surface area contributed by atoms with Crippen LogP contribution in [0.1, 0.15) is 29.9 Å². The van der Waals surface area contributed by atoms with E-state index in [1.807, 2.05) is 6.07 Å². The minimum atomic E-state index is -0.140. The highest BCUT2D eigenvalue weighted by Crippen LogP contribution is 2.31. The van der Waals surface area contributed by atoms with E-state index in [0.717, 1.165) is 30.4 Å². The minimum Gasteiger partial charge on any atom is -0.411 e. The summed E-state index contributed by atoms with van der Waals surface area (Å²) in [5.74, 6) is -0.0713. The number of nitrogens with zero attached hydrogens (tertiary/aromatic N) is 1. The van der Waals surface area contributed by atoms with E-state index in [9.17, 15) is 4.39 Å². The van der Waals surface area contributed by atoms with Gasteiger partial charge < -0.3 is 5.21 Å². The third-order valence-corrected chi connectivity index (χ3v) is 2.74. The highest BCUT2D eigenvalue weighted by Gasteiger charge is 2.20. The number of hydrogen-bond acceptors (Lipinski definition) is 2. The van der Waals surface area contributed by atoms with Gasteiger partial charge in [0.1, 0.15) is 5.82 Å². The summed E-state index contributed by atoms with van der Waals surface area (Å²) in [7, 11) is 0. The molecule has 1 atom stereocenters. The molecule has 0 aromatic heterocycles. The van der Waals surface area contributed by atoms with Gasteiger partial charge in [-0.15, -0.1) is 5.16 Å². The maximum atomic E-state index is 13.4. The molecule has 0 amide bonds. The van der Waals surface area contributed by atoms with Crippen molar-refractivity contribution >= 4 is 6.21 Å². The first-order chi connectivity index (χ1) is 6.83. The highest BCUT2D eigenvalue weighted by atomic mass is 19.1. The maximum Gasteiger partial charge on any atom is 0.126 e. The van der Waals surface area contributed by atoms with Crippen LogP contribution in [-0.2, 0) is 6.42 Å². The SMILES string of the molecule is ON=CC1CCCc2c(F)cccc21. The Morgan fingerprint density at radius 1 is 1.50 bits per heavy atom. The van der Waals surface area contributed by atoms with E-state index >= 15 is 0 Å². The lowest BCUT2D eigenvalue weighted by molar-refractivity contribution is 0.319. The molecule has 0 saturated carbocycles. The average Bonchev–Trinajstić information content (AvgIpc) is 2.20. The van der Waals surface area contributed by atoms with Gasteiger partial charge in [0.05, 0.1) is 6.21 Å². The molecular weight excluding hydrogens is 181 g/mol. The molecule has 3 heteroatoms. The molecule has 0 aliphatic heterocycles. The van der Waals surface area contributed by atoms with Gasteiger partial charge >= 0.3 is 0 Å². The van der Waals surface area contributed by atoms with E-state index in [0.29, 0.717) is 0 Å². The molecule has 74 valence electrons. The van der Waals surface area contributed by atoms with E-state index in [-0.39, 0.29) is 11.7 Å². The molecule has 1 aliphatic rings. The van der Waals surface area contributed by atoms with Crippen molar-refractivity contribution in [2.45, 2.75) is 25.2 Å². The van der Waals surface area contributed by atoms with Crippen LogP contribution in [0.15, 0.2) is 23.4 Å². The van der Waals surface area contributed by atoms with Gasteiger partial charge in [0.15, 0.2) is 0 Å². The third-order valence-electron chi connectivity index (χ3n) is 2.74. The summed E-state index contributed by atoms with van der Waals surface area (Å²) in [5.41, 5.74) is 1.75. The van der Waals surface area contributed by atoms with Crippen LogP contribution in [0.4, 0.5) is 4.39 Å². The molecule has 2 rings (SSSR count). The van der Waals surface area contributed by atoms with Gasteiger partial charge in [-0.25, -0.2) is 4.39 Å². The number of halogens is 1. The van der Waals surface area contributed by atoms with Gasteiger partial charge in [-0.2, -0.15) is 0 Å². The first kappa shape index (κ1) is 9.19. The molecule has 0 spiro atoms. The second-order valence-electron chi connectivity index (χ2n) is 3.57.